The molecule has 1 N–H and O–H groups in total. The molecule has 1 aromatic rings. The van der Waals surface area contributed by atoms with Gasteiger partial charge in [0.05, 0.1) is 11.8 Å². The first-order chi connectivity index (χ1) is 9.54. The van der Waals surface area contributed by atoms with Gasteiger partial charge in [-0.1, -0.05) is 25.5 Å². The monoisotopic (exact) mass is 279 g/mol. The molecule has 1 atom stereocenters. The van der Waals surface area contributed by atoms with E-state index in [-0.39, 0.29) is 5.82 Å². The fourth-order valence-electron chi connectivity index (χ4n) is 3.36. The van der Waals surface area contributed by atoms with Crippen LogP contribution in [0.25, 0.3) is 0 Å². The summed E-state index contributed by atoms with van der Waals surface area (Å²) in [4.78, 5) is 2.04. The maximum Gasteiger partial charge on any atom is 0.146 e. The summed E-state index contributed by atoms with van der Waals surface area (Å²) in [6, 6.07) is 5.35. The van der Waals surface area contributed by atoms with Crippen molar-refractivity contribution >= 4 is 5.69 Å². The van der Waals surface area contributed by atoms with Gasteiger partial charge in [0.1, 0.15) is 5.82 Å². The largest absolute Gasteiger partial charge is 0.389 e. The molecule has 0 saturated heterocycles. The van der Waals surface area contributed by atoms with Crippen LogP contribution in [0.4, 0.5) is 10.1 Å². The Hall–Kier alpha value is -1.09. The summed E-state index contributed by atoms with van der Waals surface area (Å²) < 4.78 is 14.2. The van der Waals surface area contributed by atoms with Crippen molar-refractivity contribution in [2.45, 2.75) is 58.1 Å². The lowest BCUT2D eigenvalue weighted by Crippen LogP contribution is -2.36. The normalized spacial score (nSPS) is 24.4. The number of aliphatic hydroxyl groups excluding tert-OH is 1. The van der Waals surface area contributed by atoms with E-state index in [9.17, 15) is 9.50 Å². The van der Waals surface area contributed by atoms with Crippen LogP contribution in [0.1, 0.15) is 57.6 Å². The van der Waals surface area contributed by atoms with E-state index in [0.29, 0.717) is 17.3 Å². The van der Waals surface area contributed by atoms with E-state index in [0.717, 1.165) is 18.8 Å². The number of aliphatic hydroxyl groups is 1. The summed E-state index contributed by atoms with van der Waals surface area (Å²) in [6.07, 6.45) is 5.28. The highest BCUT2D eigenvalue weighted by atomic mass is 19.1. The number of rotatable bonds is 4. The van der Waals surface area contributed by atoms with Crippen LogP contribution in [0.3, 0.4) is 0 Å². The molecule has 0 radical (unpaired) electrons. The van der Waals surface area contributed by atoms with Gasteiger partial charge in [-0.2, -0.15) is 0 Å². The molecule has 0 aromatic heterocycles. The minimum absolute atomic E-state index is 0.233. The quantitative estimate of drug-likeness (QED) is 0.889. The van der Waals surface area contributed by atoms with Gasteiger partial charge in [0, 0.05) is 18.7 Å². The summed E-state index contributed by atoms with van der Waals surface area (Å²) >= 11 is 0. The number of para-hydroxylation sites is 1. The van der Waals surface area contributed by atoms with E-state index in [1.165, 1.54) is 25.3 Å². The topological polar surface area (TPSA) is 23.5 Å². The third-order valence-electron chi connectivity index (χ3n) is 4.76. The maximum atomic E-state index is 14.2. The predicted molar refractivity (Wildman–Crippen MR) is 81.5 cm³/mol. The van der Waals surface area contributed by atoms with E-state index in [4.69, 9.17) is 0 Å². The Kier molecular flexibility index (Phi) is 5.03. The SMILES string of the molecule is CCC1CCC(N(C)c2c(F)cccc2C(C)O)CC1. The Balaban J connectivity index is 2.19. The van der Waals surface area contributed by atoms with E-state index in [1.54, 1.807) is 13.0 Å². The van der Waals surface area contributed by atoms with Crippen molar-refractivity contribution in [2.75, 3.05) is 11.9 Å². The van der Waals surface area contributed by atoms with Crippen LogP contribution >= 0.6 is 0 Å². The lowest BCUT2D eigenvalue weighted by Gasteiger charge is -2.37. The fourth-order valence-corrected chi connectivity index (χ4v) is 3.36. The highest BCUT2D eigenvalue weighted by Gasteiger charge is 2.26. The predicted octanol–water partition coefficient (Wildman–Crippen LogP) is 4.28. The van der Waals surface area contributed by atoms with Gasteiger partial charge in [0.15, 0.2) is 0 Å². The van der Waals surface area contributed by atoms with Gasteiger partial charge in [-0.15, -0.1) is 0 Å². The average molecular weight is 279 g/mol. The zero-order valence-corrected chi connectivity index (χ0v) is 12.8. The molecule has 2 rings (SSSR count). The summed E-state index contributed by atoms with van der Waals surface area (Å²) in [7, 11) is 1.96. The van der Waals surface area contributed by atoms with Gasteiger partial charge >= 0.3 is 0 Å². The zero-order chi connectivity index (χ0) is 14.7. The van der Waals surface area contributed by atoms with Crippen molar-refractivity contribution in [2.24, 2.45) is 5.92 Å². The first-order valence-electron chi connectivity index (χ1n) is 7.73. The van der Waals surface area contributed by atoms with Crippen LogP contribution < -0.4 is 4.90 Å². The minimum Gasteiger partial charge on any atom is -0.389 e. The Morgan fingerprint density at radius 2 is 1.95 bits per heavy atom. The molecule has 0 amide bonds. The molecular formula is C17H26FNO. The van der Waals surface area contributed by atoms with Crippen LogP contribution in [-0.4, -0.2) is 18.2 Å². The molecule has 20 heavy (non-hydrogen) atoms. The molecule has 0 spiro atoms. The molecule has 1 aliphatic carbocycles. The molecule has 1 fully saturated rings. The number of nitrogens with zero attached hydrogens (tertiary/aromatic N) is 1. The van der Waals surface area contributed by atoms with Crippen molar-refractivity contribution in [1.82, 2.24) is 0 Å². The fraction of sp³-hybridized carbons (Fsp3) is 0.647. The maximum absolute atomic E-state index is 14.2. The second-order valence-electron chi connectivity index (χ2n) is 6.05. The third-order valence-corrected chi connectivity index (χ3v) is 4.76. The van der Waals surface area contributed by atoms with Crippen LogP contribution in [0, 0.1) is 11.7 Å². The Bertz CT molecular complexity index is 439. The van der Waals surface area contributed by atoms with Gasteiger partial charge in [-0.3, -0.25) is 0 Å². The number of halogens is 1. The molecule has 1 aromatic carbocycles. The van der Waals surface area contributed by atoms with Crippen LogP contribution in [0.15, 0.2) is 18.2 Å². The molecule has 0 aliphatic heterocycles. The van der Waals surface area contributed by atoms with E-state index >= 15 is 0 Å². The highest BCUT2D eigenvalue weighted by molar-refractivity contribution is 5.56. The number of hydrogen-bond donors (Lipinski definition) is 1. The smallest absolute Gasteiger partial charge is 0.146 e. The second-order valence-corrected chi connectivity index (χ2v) is 6.05. The van der Waals surface area contributed by atoms with Gasteiger partial charge < -0.3 is 10.0 Å². The van der Waals surface area contributed by atoms with Gasteiger partial charge in [-0.25, -0.2) is 4.39 Å². The molecule has 1 aliphatic rings. The molecule has 0 bridgehead atoms. The molecule has 1 saturated carbocycles. The minimum atomic E-state index is -0.643. The summed E-state index contributed by atoms with van der Waals surface area (Å²) in [6.45, 7) is 3.94. The van der Waals surface area contributed by atoms with Crippen molar-refractivity contribution in [3.63, 3.8) is 0 Å². The van der Waals surface area contributed by atoms with Crippen molar-refractivity contribution < 1.29 is 9.50 Å². The lowest BCUT2D eigenvalue weighted by atomic mass is 9.84. The molecular weight excluding hydrogens is 253 g/mol. The Morgan fingerprint density at radius 3 is 2.50 bits per heavy atom. The molecule has 2 nitrogen and oxygen atoms in total. The van der Waals surface area contributed by atoms with Gasteiger partial charge in [-0.05, 0) is 44.6 Å². The first-order valence-corrected chi connectivity index (χ1v) is 7.73. The third kappa shape index (κ3) is 3.14. The zero-order valence-electron chi connectivity index (χ0n) is 12.8. The van der Waals surface area contributed by atoms with Gasteiger partial charge in [0.2, 0.25) is 0 Å². The summed E-state index contributed by atoms with van der Waals surface area (Å²) in [5.41, 5.74) is 1.26. The van der Waals surface area contributed by atoms with E-state index in [1.807, 2.05) is 18.0 Å². The molecule has 3 heteroatoms. The number of anilines is 1. The van der Waals surface area contributed by atoms with Crippen LogP contribution in [0.5, 0.6) is 0 Å². The standard InChI is InChI=1S/C17H26FNO/c1-4-13-8-10-14(11-9-13)19(3)17-15(12(2)20)6-5-7-16(17)18/h5-7,12-14,20H,4,8-11H2,1-3H3. The Labute approximate surface area is 121 Å². The number of hydrogen-bond acceptors (Lipinski definition) is 2. The van der Waals surface area contributed by atoms with Crippen molar-refractivity contribution in [3.8, 4) is 0 Å². The van der Waals surface area contributed by atoms with E-state index in [2.05, 4.69) is 6.92 Å². The second kappa shape index (κ2) is 6.57. The lowest BCUT2D eigenvalue weighted by molar-refractivity contribution is 0.199. The van der Waals surface area contributed by atoms with Gasteiger partial charge in [0.25, 0.3) is 0 Å². The summed E-state index contributed by atoms with van der Waals surface area (Å²) in [5, 5.41) is 9.86. The molecule has 0 heterocycles. The highest BCUT2D eigenvalue weighted by Crippen LogP contribution is 2.35. The van der Waals surface area contributed by atoms with E-state index < -0.39 is 6.10 Å². The average Bonchev–Trinajstić information content (AvgIpc) is 2.46. The Morgan fingerprint density at radius 1 is 1.30 bits per heavy atom. The van der Waals surface area contributed by atoms with Crippen molar-refractivity contribution in [1.29, 1.82) is 0 Å². The van der Waals surface area contributed by atoms with Crippen molar-refractivity contribution in [3.05, 3.63) is 29.6 Å². The summed E-state index contributed by atoms with van der Waals surface area (Å²) in [5.74, 6) is 0.597. The van der Waals surface area contributed by atoms with Crippen LogP contribution in [-0.2, 0) is 0 Å². The molecule has 112 valence electrons. The van der Waals surface area contributed by atoms with Crippen LogP contribution in [0.2, 0.25) is 0 Å². The first kappa shape index (κ1) is 15.3. The number of benzene rings is 1. The molecule has 1 unspecified atom stereocenters.